The summed E-state index contributed by atoms with van der Waals surface area (Å²) in [5, 5.41) is 9.52. The van der Waals surface area contributed by atoms with Crippen LogP contribution in [0.3, 0.4) is 0 Å². The summed E-state index contributed by atoms with van der Waals surface area (Å²) in [6.45, 7) is 9.68. The monoisotopic (exact) mass is 278 g/mol. The van der Waals surface area contributed by atoms with Gasteiger partial charge in [-0.15, -0.1) is 0 Å². The van der Waals surface area contributed by atoms with Gasteiger partial charge in [0.15, 0.2) is 0 Å². The van der Waals surface area contributed by atoms with E-state index in [2.05, 4.69) is 37.2 Å². The molecule has 0 amide bonds. The molecule has 1 aromatic rings. The van der Waals surface area contributed by atoms with Crippen LogP contribution in [-0.4, -0.2) is 20.6 Å². The number of hydrogen-bond donors (Lipinski definition) is 1. The Morgan fingerprint density at radius 1 is 1.45 bits per heavy atom. The average molecular weight is 278 g/mol. The highest BCUT2D eigenvalue weighted by molar-refractivity contribution is 5.71. The van der Waals surface area contributed by atoms with E-state index in [1.165, 1.54) is 0 Å². The molecule has 4 nitrogen and oxygen atoms in total. The zero-order chi connectivity index (χ0) is 14.9. The minimum absolute atomic E-state index is 0.0421. The molecule has 3 unspecified atom stereocenters. The van der Waals surface area contributed by atoms with E-state index in [9.17, 15) is 9.90 Å². The molecule has 2 rings (SSSR count). The molecule has 1 N–H and O–H groups in total. The maximum atomic E-state index is 11.6. The fourth-order valence-electron chi connectivity index (χ4n) is 3.45. The lowest BCUT2D eigenvalue weighted by atomic mass is 9.65. The number of carboxylic acids is 1. The van der Waals surface area contributed by atoms with E-state index in [4.69, 9.17) is 0 Å². The van der Waals surface area contributed by atoms with E-state index in [-0.39, 0.29) is 17.3 Å². The Morgan fingerprint density at radius 3 is 2.70 bits per heavy atom. The SMILES string of the molecule is CCn1ccnc1C1CC(C(C)(C)C)CCC1C(=O)O. The van der Waals surface area contributed by atoms with Crippen molar-refractivity contribution in [3.63, 3.8) is 0 Å². The number of imidazole rings is 1. The van der Waals surface area contributed by atoms with Crippen LogP contribution in [0.5, 0.6) is 0 Å². The van der Waals surface area contributed by atoms with Gasteiger partial charge < -0.3 is 9.67 Å². The van der Waals surface area contributed by atoms with E-state index >= 15 is 0 Å². The molecule has 0 spiro atoms. The molecule has 112 valence electrons. The quantitative estimate of drug-likeness (QED) is 0.920. The van der Waals surface area contributed by atoms with Crippen LogP contribution in [0.4, 0.5) is 0 Å². The minimum Gasteiger partial charge on any atom is -0.481 e. The third-order valence-electron chi connectivity index (χ3n) is 4.81. The summed E-state index contributed by atoms with van der Waals surface area (Å²) in [7, 11) is 0. The van der Waals surface area contributed by atoms with Crippen LogP contribution < -0.4 is 0 Å². The van der Waals surface area contributed by atoms with Crippen LogP contribution in [0.25, 0.3) is 0 Å². The summed E-state index contributed by atoms with van der Waals surface area (Å²) in [6.07, 6.45) is 6.44. The summed E-state index contributed by atoms with van der Waals surface area (Å²) < 4.78 is 2.09. The first kappa shape index (κ1) is 15.1. The number of rotatable bonds is 3. The van der Waals surface area contributed by atoms with Gasteiger partial charge in [0.1, 0.15) is 5.82 Å². The molecule has 1 fully saturated rings. The molecule has 0 aromatic carbocycles. The average Bonchev–Trinajstić information content (AvgIpc) is 2.84. The number of nitrogens with zero attached hydrogens (tertiary/aromatic N) is 2. The van der Waals surface area contributed by atoms with E-state index in [0.29, 0.717) is 5.92 Å². The highest BCUT2D eigenvalue weighted by Gasteiger charge is 2.41. The summed E-state index contributed by atoms with van der Waals surface area (Å²) in [6, 6.07) is 0. The molecule has 0 saturated heterocycles. The van der Waals surface area contributed by atoms with Crippen molar-refractivity contribution in [2.75, 3.05) is 0 Å². The number of aromatic nitrogens is 2. The third kappa shape index (κ3) is 2.89. The van der Waals surface area contributed by atoms with Crippen molar-refractivity contribution in [2.45, 2.75) is 59.4 Å². The molecule has 1 aliphatic carbocycles. The van der Waals surface area contributed by atoms with Gasteiger partial charge in [-0.2, -0.15) is 0 Å². The Kier molecular flexibility index (Phi) is 4.21. The van der Waals surface area contributed by atoms with Crippen LogP contribution in [0.15, 0.2) is 12.4 Å². The summed E-state index contributed by atoms with van der Waals surface area (Å²) in [4.78, 5) is 16.0. The van der Waals surface area contributed by atoms with Gasteiger partial charge in [0, 0.05) is 24.9 Å². The molecular weight excluding hydrogens is 252 g/mol. The lowest BCUT2D eigenvalue weighted by Gasteiger charge is -2.40. The first-order chi connectivity index (χ1) is 9.34. The predicted molar refractivity (Wildman–Crippen MR) is 78.6 cm³/mol. The molecule has 0 aliphatic heterocycles. The lowest BCUT2D eigenvalue weighted by Crippen LogP contribution is -2.35. The fourth-order valence-corrected chi connectivity index (χ4v) is 3.45. The van der Waals surface area contributed by atoms with Crippen molar-refractivity contribution in [3.8, 4) is 0 Å². The number of hydrogen-bond acceptors (Lipinski definition) is 2. The highest BCUT2D eigenvalue weighted by Crippen LogP contribution is 2.46. The summed E-state index contributed by atoms with van der Waals surface area (Å²) in [5.74, 6) is 0.591. The topological polar surface area (TPSA) is 55.1 Å². The molecular formula is C16H26N2O2. The molecule has 1 saturated carbocycles. The second kappa shape index (κ2) is 5.58. The second-order valence-electron chi connectivity index (χ2n) is 7.00. The van der Waals surface area contributed by atoms with Gasteiger partial charge in [0.2, 0.25) is 0 Å². The van der Waals surface area contributed by atoms with Crippen molar-refractivity contribution in [1.29, 1.82) is 0 Å². The standard InChI is InChI=1S/C16H26N2O2/c1-5-18-9-8-17-14(18)13-10-11(16(2,3)4)6-7-12(13)15(19)20/h8-9,11-13H,5-7,10H2,1-4H3,(H,19,20). The van der Waals surface area contributed by atoms with Crippen LogP contribution in [0.1, 0.15) is 58.7 Å². The van der Waals surface area contributed by atoms with Gasteiger partial charge in [0.25, 0.3) is 0 Å². The number of carboxylic acid groups (broad SMARTS) is 1. The molecule has 0 bridgehead atoms. The maximum Gasteiger partial charge on any atom is 0.307 e. The Hall–Kier alpha value is -1.32. The molecule has 0 radical (unpaired) electrons. The number of aryl methyl sites for hydroxylation is 1. The van der Waals surface area contributed by atoms with Gasteiger partial charge in [-0.1, -0.05) is 20.8 Å². The number of aliphatic carboxylic acids is 1. The molecule has 3 atom stereocenters. The van der Waals surface area contributed by atoms with Crippen molar-refractivity contribution >= 4 is 5.97 Å². The molecule has 1 aromatic heterocycles. The molecule has 4 heteroatoms. The molecule has 20 heavy (non-hydrogen) atoms. The van der Waals surface area contributed by atoms with E-state index in [0.717, 1.165) is 31.6 Å². The Balaban J connectivity index is 2.30. The summed E-state index contributed by atoms with van der Waals surface area (Å²) >= 11 is 0. The van der Waals surface area contributed by atoms with Gasteiger partial charge in [0.05, 0.1) is 5.92 Å². The predicted octanol–water partition coefficient (Wildman–Crippen LogP) is 3.53. The summed E-state index contributed by atoms with van der Waals surface area (Å²) in [5.41, 5.74) is 0.228. The van der Waals surface area contributed by atoms with Crippen molar-refractivity contribution in [3.05, 3.63) is 18.2 Å². The van der Waals surface area contributed by atoms with Gasteiger partial charge >= 0.3 is 5.97 Å². The van der Waals surface area contributed by atoms with Crippen molar-refractivity contribution < 1.29 is 9.90 Å². The van der Waals surface area contributed by atoms with Gasteiger partial charge in [-0.25, -0.2) is 4.98 Å². The zero-order valence-corrected chi connectivity index (χ0v) is 13.0. The van der Waals surface area contributed by atoms with Crippen molar-refractivity contribution in [1.82, 2.24) is 9.55 Å². The zero-order valence-electron chi connectivity index (χ0n) is 13.0. The number of carbonyl (C=O) groups is 1. The fraction of sp³-hybridized carbons (Fsp3) is 0.750. The normalized spacial score (nSPS) is 27.5. The van der Waals surface area contributed by atoms with Gasteiger partial charge in [-0.3, -0.25) is 4.79 Å². The van der Waals surface area contributed by atoms with Crippen LogP contribution in [-0.2, 0) is 11.3 Å². The maximum absolute atomic E-state index is 11.6. The lowest BCUT2D eigenvalue weighted by molar-refractivity contribution is -0.144. The van der Waals surface area contributed by atoms with Gasteiger partial charge in [-0.05, 0) is 37.5 Å². The smallest absolute Gasteiger partial charge is 0.307 e. The Morgan fingerprint density at radius 2 is 2.15 bits per heavy atom. The molecule has 1 aliphatic rings. The second-order valence-corrected chi connectivity index (χ2v) is 7.00. The Bertz CT molecular complexity index is 473. The van der Waals surface area contributed by atoms with Crippen LogP contribution >= 0.6 is 0 Å². The first-order valence-electron chi connectivity index (χ1n) is 7.58. The first-order valence-corrected chi connectivity index (χ1v) is 7.58. The molecule has 1 heterocycles. The van der Waals surface area contributed by atoms with Crippen LogP contribution in [0, 0.1) is 17.3 Å². The van der Waals surface area contributed by atoms with E-state index < -0.39 is 5.97 Å². The Labute approximate surface area is 121 Å². The van der Waals surface area contributed by atoms with Crippen LogP contribution in [0.2, 0.25) is 0 Å². The van der Waals surface area contributed by atoms with Crippen molar-refractivity contribution in [2.24, 2.45) is 17.3 Å². The largest absolute Gasteiger partial charge is 0.481 e. The van der Waals surface area contributed by atoms with E-state index in [1.54, 1.807) is 6.20 Å². The third-order valence-corrected chi connectivity index (χ3v) is 4.81. The van der Waals surface area contributed by atoms with E-state index in [1.807, 2.05) is 6.20 Å². The minimum atomic E-state index is -0.673. The highest BCUT2D eigenvalue weighted by atomic mass is 16.4.